The Hall–Kier alpha value is 1.65. The maximum atomic E-state index is 11.5. The van der Waals surface area contributed by atoms with Crippen LogP contribution in [0.15, 0.2) is 0 Å². The second-order valence-electron chi connectivity index (χ2n) is 0.429. The molecule has 5 heteroatoms. The van der Waals surface area contributed by atoms with E-state index < -0.39 is 3.83 Å². The Balaban J connectivity index is 3.02. The first-order valence-electron chi connectivity index (χ1n) is 0.756. The zero-order chi connectivity index (χ0) is 4.50. The standard InChI is InChI=1S/BrClFISi/c1-5(2,3)4. The molecule has 0 N–H and O–H groups in total. The molecule has 0 saturated heterocycles. The van der Waals surface area contributed by atoms with Crippen molar-refractivity contribution in [3.8, 4) is 0 Å². The van der Waals surface area contributed by atoms with Gasteiger partial charge in [-0.1, -0.05) is 15.3 Å². The SMILES string of the molecule is F[Si](Cl)(Br)I. The summed E-state index contributed by atoms with van der Waals surface area (Å²) in [5.41, 5.74) is 0. The summed E-state index contributed by atoms with van der Waals surface area (Å²) in [4.78, 5) is 0. The van der Waals surface area contributed by atoms with E-state index in [-0.39, 0.29) is 0 Å². The molecule has 0 heterocycles. The average Bonchev–Trinajstić information content (AvgIpc) is 0.722. The predicted octanol–water partition coefficient (Wildman–Crippen LogP) is 2.46. The molecule has 0 radical (unpaired) electrons. The van der Waals surface area contributed by atoms with Crippen molar-refractivity contribution in [2.24, 2.45) is 0 Å². The van der Waals surface area contributed by atoms with Gasteiger partial charge in [-0.3, -0.25) is 4.11 Å². The largest absolute Gasteiger partial charge is 0.471 e. The fourth-order valence-electron chi connectivity index (χ4n) is 0. The van der Waals surface area contributed by atoms with Crippen LogP contribution in [0.2, 0.25) is 0 Å². The van der Waals surface area contributed by atoms with Crippen molar-refractivity contribution in [3.05, 3.63) is 0 Å². The molecular weight excluding hydrogens is 289 g/mol. The van der Waals surface area contributed by atoms with E-state index in [1.54, 1.807) is 0 Å². The normalized spacial score (nSPS) is 21.6. The van der Waals surface area contributed by atoms with Crippen molar-refractivity contribution in [2.75, 3.05) is 0 Å². The van der Waals surface area contributed by atoms with Gasteiger partial charge in [0.25, 0.3) is 0 Å². The van der Waals surface area contributed by atoms with Gasteiger partial charge in [0.05, 0.1) is 0 Å². The third-order valence-electron chi connectivity index (χ3n) is 0. The molecule has 0 spiro atoms. The van der Waals surface area contributed by atoms with Crippen molar-refractivity contribution in [1.29, 1.82) is 0 Å². The number of hydrogen-bond acceptors (Lipinski definition) is 0. The molecule has 0 aliphatic heterocycles. The molecule has 0 aromatic rings. The molecular formula is BrClFISi. The van der Waals surface area contributed by atoms with Crippen LogP contribution in [0.25, 0.3) is 0 Å². The molecule has 0 aromatic carbocycles. The summed E-state index contributed by atoms with van der Waals surface area (Å²) >= 11 is 9.04. The third-order valence-corrected chi connectivity index (χ3v) is 0. The van der Waals surface area contributed by atoms with Crippen molar-refractivity contribution >= 4 is 52.0 Å². The monoisotopic (exact) mass is 288 g/mol. The molecule has 32 valence electrons. The second-order valence-corrected chi connectivity index (χ2v) is 18.3. The lowest BCUT2D eigenvalue weighted by Crippen LogP contribution is -1.91. The van der Waals surface area contributed by atoms with Gasteiger partial charge in [-0.05, 0) is 21.8 Å². The van der Waals surface area contributed by atoms with E-state index in [0.29, 0.717) is 0 Å². The molecule has 0 saturated carbocycles. The molecule has 0 amide bonds. The highest BCUT2D eigenvalue weighted by atomic mass is 127. The summed E-state index contributed by atoms with van der Waals surface area (Å²) in [6.07, 6.45) is 0. The molecule has 1 unspecified atom stereocenters. The minimum absolute atomic E-state index is 1.53. The zero-order valence-electron chi connectivity index (χ0n) is 2.01. The van der Waals surface area contributed by atoms with Crippen molar-refractivity contribution < 1.29 is 4.11 Å². The smallest absolute Gasteiger partial charge is 0.265 e. The number of halogens is 4. The van der Waals surface area contributed by atoms with Crippen LogP contribution in [0.1, 0.15) is 0 Å². The molecule has 1 atom stereocenters. The van der Waals surface area contributed by atoms with Crippen molar-refractivity contribution in [3.63, 3.8) is 0 Å². The van der Waals surface area contributed by atoms with Crippen LogP contribution >= 0.6 is 48.2 Å². The number of hydrogen-bond donors (Lipinski definition) is 0. The van der Waals surface area contributed by atoms with Gasteiger partial charge in [0.1, 0.15) is 0 Å². The van der Waals surface area contributed by atoms with E-state index in [9.17, 15) is 4.11 Å². The Morgan fingerprint density at radius 2 is 2.00 bits per heavy atom. The average molecular weight is 289 g/mol. The predicted molar refractivity (Wildman–Crippen MR) is 35.7 cm³/mol. The first-order chi connectivity index (χ1) is 2.00. The molecule has 0 bridgehead atoms. The zero-order valence-corrected chi connectivity index (χ0v) is 7.51. The molecule has 0 nitrogen and oxygen atoms in total. The first-order valence-corrected chi connectivity index (χ1v) is 9.02. The second kappa shape index (κ2) is 2.09. The molecule has 0 aliphatic rings. The van der Waals surface area contributed by atoms with Crippen LogP contribution in [0.3, 0.4) is 0 Å². The van der Waals surface area contributed by atoms with Crippen LogP contribution in [0, 0.1) is 0 Å². The fourth-order valence-corrected chi connectivity index (χ4v) is 0. The number of rotatable bonds is 0. The minimum Gasteiger partial charge on any atom is -0.265 e. The quantitative estimate of drug-likeness (QED) is 0.365. The van der Waals surface area contributed by atoms with E-state index in [0.717, 1.165) is 0 Å². The Bertz CT molecular complexity index is 27.1. The van der Waals surface area contributed by atoms with Crippen LogP contribution in [-0.4, -0.2) is 3.83 Å². The van der Waals surface area contributed by atoms with Gasteiger partial charge >= 0.3 is 3.83 Å². The highest BCUT2D eigenvalue weighted by molar-refractivity contribution is 14.1. The van der Waals surface area contributed by atoms with E-state index >= 15 is 0 Å². The first kappa shape index (κ1) is 6.65. The lowest BCUT2D eigenvalue weighted by atomic mass is 18.9. The topological polar surface area (TPSA) is 0 Å². The van der Waals surface area contributed by atoms with E-state index in [1.807, 2.05) is 0 Å². The van der Waals surface area contributed by atoms with Crippen LogP contribution < -0.4 is 0 Å². The maximum Gasteiger partial charge on any atom is 0.471 e. The van der Waals surface area contributed by atoms with E-state index in [4.69, 9.17) is 11.1 Å². The Morgan fingerprint density at radius 1 is 2.00 bits per heavy atom. The summed E-state index contributed by atoms with van der Waals surface area (Å²) < 4.78 is 8.64. The van der Waals surface area contributed by atoms with E-state index in [1.165, 1.54) is 21.8 Å². The van der Waals surface area contributed by atoms with Gasteiger partial charge in [0.2, 0.25) is 0 Å². The lowest BCUT2D eigenvalue weighted by Gasteiger charge is -1.85. The minimum atomic E-state index is -2.86. The fraction of sp³-hybridized carbons (Fsp3) is 0. The van der Waals surface area contributed by atoms with Crippen molar-refractivity contribution in [2.45, 2.75) is 0 Å². The Labute approximate surface area is 55.8 Å². The summed E-state index contributed by atoms with van der Waals surface area (Å²) in [7, 11) is 0. The van der Waals surface area contributed by atoms with Gasteiger partial charge in [-0.2, -0.15) is 0 Å². The van der Waals surface area contributed by atoms with Crippen LogP contribution in [0.5, 0.6) is 0 Å². The van der Waals surface area contributed by atoms with Crippen LogP contribution in [-0.2, 0) is 0 Å². The Kier molecular flexibility index (Phi) is 2.77. The van der Waals surface area contributed by atoms with Gasteiger partial charge in [0, 0.05) is 0 Å². The molecule has 5 heavy (non-hydrogen) atoms. The molecule has 0 aromatic heterocycles. The highest BCUT2D eigenvalue weighted by Gasteiger charge is 2.20. The van der Waals surface area contributed by atoms with Crippen LogP contribution in [0.4, 0.5) is 4.11 Å². The molecule has 0 rings (SSSR count). The summed E-state index contributed by atoms with van der Waals surface area (Å²) in [5.74, 6) is 0. The summed E-state index contributed by atoms with van der Waals surface area (Å²) in [6.45, 7) is 0. The highest BCUT2D eigenvalue weighted by Crippen LogP contribution is 2.25. The summed E-state index contributed by atoms with van der Waals surface area (Å²) in [6, 6.07) is 0. The molecule has 0 aliphatic carbocycles. The van der Waals surface area contributed by atoms with Crippen molar-refractivity contribution in [1.82, 2.24) is 0 Å². The van der Waals surface area contributed by atoms with Gasteiger partial charge in [-0.25, -0.2) is 0 Å². The third kappa shape index (κ3) is 27.7. The Morgan fingerprint density at radius 3 is 2.00 bits per heavy atom. The summed E-state index contributed by atoms with van der Waals surface area (Å²) in [5, 5.41) is 0. The lowest BCUT2D eigenvalue weighted by molar-refractivity contribution is 0.884. The van der Waals surface area contributed by atoms with Gasteiger partial charge in [0.15, 0.2) is 0 Å². The van der Waals surface area contributed by atoms with Gasteiger partial charge < -0.3 is 0 Å². The molecule has 0 fully saturated rings. The van der Waals surface area contributed by atoms with Gasteiger partial charge in [-0.15, -0.1) is 11.1 Å². The maximum absolute atomic E-state index is 11.5. The van der Waals surface area contributed by atoms with E-state index in [2.05, 4.69) is 15.3 Å².